The third-order valence-corrected chi connectivity index (χ3v) is 7.60. The summed E-state index contributed by atoms with van der Waals surface area (Å²) in [5.41, 5.74) is 0. The lowest BCUT2D eigenvalue weighted by atomic mass is 10.1. The number of hydrogen-bond acceptors (Lipinski definition) is 6. The van der Waals surface area contributed by atoms with Crippen LogP contribution < -0.4 is 0 Å². The molecule has 0 bridgehead atoms. The van der Waals surface area contributed by atoms with Gasteiger partial charge in [0.1, 0.15) is 0 Å². The smallest absolute Gasteiger partial charge is 0.152 e. The fourth-order valence-corrected chi connectivity index (χ4v) is 5.40. The molecule has 0 aromatic carbocycles. The maximum Gasteiger partial charge on any atom is 0.152 e. The van der Waals surface area contributed by atoms with Crippen LogP contribution in [0.3, 0.4) is 0 Å². The zero-order valence-corrected chi connectivity index (χ0v) is 14.3. The van der Waals surface area contributed by atoms with Gasteiger partial charge in [0.25, 0.3) is 0 Å². The van der Waals surface area contributed by atoms with E-state index in [1.807, 2.05) is 0 Å². The van der Waals surface area contributed by atoms with E-state index in [9.17, 15) is 16.8 Å². The Hall–Kier alpha value is -0.180. The maximum absolute atomic E-state index is 11.4. The van der Waals surface area contributed by atoms with E-state index < -0.39 is 19.7 Å². The molecule has 2 heterocycles. The van der Waals surface area contributed by atoms with E-state index in [0.717, 1.165) is 19.5 Å². The summed E-state index contributed by atoms with van der Waals surface area (Å²) in [6, 6.07) is 0. The van der Waals surface area contributed by atoms with Gasteiger partial charge >= 0.3 is 0 Å². The highest BCUT2D eigenvalue weighted by Crippen LogP contribution is 2.12. The first-order valence-corrected chi connectivity index (χ1v) is 11.3. The Morgan fingerprint density at radius 1 is 0.810 bits per heavy atom. The highest BCUT2D eigenvalue weighted by atomic mass is 32.2. The predicted molar refractivity (Wildman–Crippen MR) is 84.0 cm³/mol. The summed E-state index contributed by atoms with van der Waals surface area (Å²) >= 11 is 0. The molecule has 21 heavy (non-hydrogen) atoms. The maximum atomic E-state index is 11.4. The molecule has 2 rings (SSSR count). The minimum atomic E-state index is -2.80. The van der Waals surface area contributed by atoms with Crippen molar-refractivity contribution in [2.75, 3.05) is 62.3 Å². The molecule has 0 aromatic heterocycles. The molecule has 0 radical (unpaired) electrons. The highest BCUT2D eigenvalue weighted by molar-refractivity contribution is 7.91. The highest BCUT2D eigenvalue weighted by Gasteiger charge is 2.24. The monoisotopic (exact) mass is 338 g/mol. The third-order valence-electron chi connectivity index (χ3n) is 4.38. The molecule has 6 nitrogen and oxygen atoms in total. The van der Waals surface area contributed by atoms with Crippen LogP contribution in [-0.4, -0.2) is 88.9 Å². The fraction of sp³-hybridized carbons (Fsp3) is 1.00. The lowest BCUT2D eigenvalue weighted by Crippen LogP contribution is -2.43. The molecule has 2 fully saturated rings. The summed E-state index contributed by atoms with van der Waals surface area (Å²) in [5.74, 6) is 1.63. The molecule has 0 aliphatic carbocycles. The molecule has 0 saturated carbocycles. The van der Waals surface area contributed by atoms with Crippen molar-refractivity contribution in [2.45, 2.75) is 13.3 Å². The van der Waals surface area contributed by atoms with Gasteiger partial charge in [0.05, 0.1) is 23.0 Å². The van der Waals surface area contributed by atoms with Crippen molar-refractivity contribution >= 4 is 19.7 Å². The summed E-state index contributed by atoms with van der Waals surface area (Å²) in [7, 11) is -5.59. The van der Waals surface area contributed by atoms with E-state index in [1.165, 1.54) is 0 Å². The number of sulfone groups is 2. The second-order valence-corrected chi connectivity index (χ2v) is 10.9. The molecule has 124 valence electrons. The molecule has 8 heteroatoms. The average molecular weight is 338 g/mol. The van der Waals surface area contributed by atoms with Crippen LogP contribution in [-0.2, 0) is 19.7 Å². The molecule has 1 atom stereocenters. The van der Waals surface area contributed by atoms with Crippen molar-refractivity contribution in [3.8, 4) is 0 Å². The lowest BCUT2D eigenvalue weighted by molar-refractivity contribution is 0.221. The predicted octanol–water partition coefficient (Wildman–Crippen LogP) is -0.527. The van der Waals surface area contributed by atoms with Gasteiger partial charge in [0, 0.05) is 32.7 Å². The molecular weight excluding hydrogens is 312 g/mol. The number of nitrogens with zero attached hydrogens (tertiary/aromatic N) is 2. The first-order chi connectivity index (χ1) is 9.76. The van der Waals surface area contributed by atoms with E-state index in [2.05, 4.69) is 16.7 Å². The van der Waals surface area contributed by atoms with Crippen LogP contribution in [0.4, 0.5) is 0 Å². The Morgan fingerprint density at radius 2 is 1.24 bits per heavy atom. The molecule has 0 amide bonds. The first kappa shape index (κ1) is 17.2. The van der Waals surface area contributed by atoms with E-state index in [4.69, 9.17) is 0 Å². The van der Waals surface area contributed by atoms with E-state index in [1.54, 1.807) is 0 Å². The number of rotatable bonds is 5. The van der Waals surface area contributed by atoms with Crippen LogP contribution in [0, 0.1) is 5.92 Å². The van der Waals surface area contributed by atoms with E-state index >= 15 is 0 Å². The van der Waals surface area contributed by atoms with Gasteiger partial charge in [-0.1, -0.05) is 6.92 Å². The van der Waals surface area contributed by atoms with Gasteiger partial charge in [-0.05, 0) is 18.9 Å². The van der Waals surface area contributed by atoms with Crippen LogP contribution in [0.5, 0.6) is 0 Å². The molecule has 0 N–H and O–H groups in total. The Bertz CT molecular complexity index is 517. The van der Waals surface area contributed by atoms with Gasteiger partial charge < -0.3 is 9.80 Å². The number of hydrogen-bond donors (Lipinski definition) is 0. The molecule has 0 aromatic rings. The standard InChI is InChI=1S/C13H26N2O4S2/c1-13(12-15-6-10-21(18,19)11-7-15)2-3-14-4-8-20(16,17)9-5-14/h13H,2-12H2,1H3. The first-order valence-electron chi connectivity index (χ1n) is 7.61. The summed E-state index contributed by atoms with van der Waals surface area (Å²) < 4.78 is 45.5. The van der Waals surface area contributed by atoms with Gasteiger partial charge in [-0.25, -0.2) is 16.8 Å². The Labute approximate surface area is 128 Å². The Morgan fingerprint density at radius 3 is 1.71 bits per heavy atom. The van der Waals surface area contributed by atoms with Crippen LogP contribution in [0.15, 0.2) is 0 Å². The molecule has 2 aliphatic heterocycles. The van der Waals surface area contributed by atoms with Gasteiger partial charge in [-0.2, -0.15) is 0 Å². The van der Waals surface area contributed by atoms with Gasteiger partial charge in [0.2, 0.25) is 0 Å². The van der Waals surface area contributed by atoms with Crippen molar-refractivity contribution in [2.24, 2.45) is 5.92 Å². The summed E-state index contributed by atoms with van der Waals surface area (Å²) in [6.45, 7) is 6.64. The molecule has 1 unspecified atom stereocenters. The molecule has 2 saturated heterocycles. The SMILES string of the molecule is CC(CCN1CCS(=O)(=O)CC1)CN1CCS(=O)(=O)CC1. The molecular formula is C13H26N2O4S2. The Kier molecular flexibility index (Phi) is 5.67. The largest absolute Gasteiger partial charge is 0.301 e. The van der Waals surface area contributed by atoms with Crippen molar-refractivity contribution in [1.29, 1.82) is 0 Å². The quantitative estimate of drug-likeness (QED) is 0.671. The summed E-state index contributed by atoms with van der Waals surface area (Å²) in [5, 5.41) is 0. The van der Waals surface area contributed by atoms with Gasteiger partial charge in [-0.15, -0.1) is 0 Å². The van der Waals surface area contributed by atoms with E-state index in [0.29, 0.717) is 32.1 Å². The third kappa shape index (κ3) is 5.84. The zero-order valence-electron chi connectivity index (χ0n) is 12.7. The van der Waals surface area contributed by atoms with Crippen LogP contribution in [0.1, 0.15) is 13.3 Å². The minimum Gasteiger partial charge on any atom is -0.301 e. The summed E-state index contributed by atoms with van der Waals surface area (Å²) in [6.07, 6.45) is 1.03. The fourth-order valence-electron chi connectivity index (χ4n) is 2.84. The molecule has 0 spiro atoms. The normalized spacial score (nSPS) is 28.2. The second-order valence-electron chi connectivity index (χ2n) is 6.34. The van der Waals surface area contributed by atoms with Crippen molar-refractivity contribution < 1.29 is 16.8 Å². The second kappa shape index (κ2) is 6.93. The van der Waals surface area contributed by atoms with Gasteiger partial charge in [-0.3, -0.25) is 0 Å². The Balaban J connectivity index is 1.65. The lowest BCUT2D eigenvalue weighted by Gasteiger charge is -2.31. The van der Waals surface area contributed by atoms with Crippen molar-refractivity contribution in [3.63, 3.8) is 0 Å². The average Bonchev–Trinajstić information content (AvgIpc) is 2.40. The van der Waals surface area contributed by atoms with Gasteiger partial charge in [0.15, 0.2) is 19.7 Å². The zero-order chi connectivity index (χ0) is 15.5. The van der Waals surface area contributed by atoms with E-state index in [-0.39, 0.29) is 23.0 Å². The van der Waals surface area contributed by atoms with Crippen molar-refractivity contribution in [3.05, 3.63) is 0 Å². The van der Waals surface area contributed by atoms with Crippen LogP contribution >= 0.6 is 0 Å². The van der Waals surface area contributed by atoms with Crippen LogP contribution in [0.25, 0.3) is 0 Å². The minimum absolute atomic E-state index is 0.281. The summed E-state index contributed by atoms with van der Waals surface area (Å²) in [4.78, 5) is 4.45. The van der Waals surface area contributed by atoms with Crippen LogP contribution in [0.2, 0.25) is 0 Å². The topological polar surface area (TPSA) is 74.8 Å². The molecule has 2 aliphatic rings. The van der Waals surface area contributed by atoms with Crippen molar-refractivity contribution in [1.82, 2.24) is 9.80 Å².